The average molecular weight is 281 g/mol. The Morgan fingerprint density at radius 3 is 2.63 bits per heavy atom. The predicted octanol–water partition coefficient (Wildman–Crippen LogP) is 3.71. The van der Waals surface area contributed by atoms with Gasteiger partial charge in [0.1, 0.15) is 0 Å². The van der Waals surface area contributed by atoms with Crippen LogP contribution in [0.15, 0.2) is 24.3 Å². The van der Waals surface area contributed by atoms with Gasteiger partial charge in [0.2, 0.25) is 0 Å². The topological polar surface area (TPSA) is 29.3 Å². The van der Waals surface area contributed by atoms with Gasteiger partial charge >= 0.3 is 0 Å². The Balaban J connectivity index is 1.84. The molecule has 0 spiro atoms. The van der Waals surface area contributed by atoms with Crippen LogP contribution >= 0.6 is 11.6 Å². The summed E-state index contributed by atoms with van der Waals surface area (Å²) < 4.78 is 0. The van der Waals surface area contributed by atoms with E-state index in [1.54, 1.807) is 0 Å². The van der Waals surface area contributed by atoms with Gasteiger partial charge in [0.15, 0.2) is 0 Å². The molecule has 1 heterocycles. The molecule has 2 nitrogen and oxygen atoms in total. The van der Waals surface area contributed by atoms with Crippen LogP contribution in [-0.2, 0) is 0 Å². The van der Waals surface area contributed by atoms with Crippen molar-refractivity contribution in [2.45, 2.75) is 32.7 Å². The zero-order valence-corrected chi connectivity index (χ0v) is 12.7. The first-order valence-corrected chi connectivity index (χ1v) is 7.65. The molecule has 1 saturated heterocycles. The fourth-order valence-electron chi connectivity index (χ4n) is 3.20. The van der Waals surface area contributed by atoms with Crippen molar-refractivity contribution in [2.24, 2.45) is 17.6 Å². The van der Waals surface area contributed by atoms with Gasteiger partial charge in [0.05, 0.1) is 0 Å². The standard InChI is InChI=1S/C16H25ClN2/c1-12-8-13(2)11-19(10-12)7-6-16(18)14-4-3-5-15(17)9-14/h3-5,9,12-13,16H,6-8,10-11,18H2,1-2H3. The Morgan fingerprint density at radius 2 is 2.00 bits per heavy atom. The molecule has 1 aliphatic rings. The first-order chi connectivity index (χ1) is 9.04. The van der Waals surface area contributed by atoms with Crippen molar-refractivity contribution in [2.75, 3.05) is 19.6 Å². The zero-order valence-electron chi connectivity index (χ0n) is 12.0. The lowest BCUT2D eigenvalue weighted by molar-refractivity contribution is 0.137. The maximum atomic E-state index is 6.27. The van der Waals surface area contributed by atoms with Gasteiger partial charge in [-0.2, -0.15) is 0 Å². The smallest absolute Gasteiger partial charge is 0.0409 e. The molecule has 19 heavy (non-hydrogen) atoms. The number of rotatable bonds is 4. The zero-order chi connectivity index (χ0) is 13.8. The summed E-state index contributed by atoms with van der Waals surface area (Å²) in [6.45, 7) is 8.21. The van der Waals surface area contributed by atoms with E-state index < -0.39 is 0 Å². The highest BCUT2D eigenvalue weighted by atomic mass is 35.5. The lowest BCUT2D eigenvalue weighted by Gasteiger charge is -2.35. The lowest BCUT2D eigenvalue weighted by Crippen LogP contribution is -2.39. The number of piperidine rings is 1. The van der Waals surface area contributed by atoms with Crippen molar-refractivity contribution >= 4 is 11.6 Å². The second-order valence-corrected chi connectivity index (χ2v) is 6.59. The second kappa shape index (κ2) is 6.74. The Kier molecular flexibility index (Phi) is 5.26. The molecule has 0 saturated carbocycles. The van der Waals surface area contributed by atoms with Crippen molar-refractivity contribution in [3.05, 3.63) is 34.9 Å². The highest BCUT2D eigenvalue weighted by Gasteiger charge is 2.21. The summed E-state index contributed by atoms with van der Waals surface area (Å²) in [4.78, 5) is 2.56. The molecule has 1 aromatic rings. The Bertz CT molecular complexity index is 397. The fraction of sp³-hybridized carbons (Fsp3) is 0.625. The fourth-order valence-corrected chi connectivity index (χ4v) is 3.40. The summed E-state index contributed by atoms with van der Waals surface area (Å²) in [5.74, 6) is 1.62. The molecular weight excluding hydrogens is 256 g/mol. The maximum Gasteiger partial charge on any atom is 0.0409 e. The van der Waals surface area contributed by atoms with Gasteiger partial charge in [-0.3, -0.25) is 0 Å². The number of hydrogen-bond donors (Lipinski definition) is 1. The molecule has 1 fully saturated rings. The highest BCUT2D eigenvalue weighted by Crippen LogP contribution is 2.23. The number of nitrogens with zero attached hydrogens (tertiary/aromatic N) is 1. The highest BCUT2D eigenvalue weighted by molar-refractivity contribution is 6.30. The van der Waals surface area contributed by atoms with Crippen LogP contribution in [0.4, 0.5) is 0 Å². The molecule has 2 N–H and O–H groups in total. The van der Waals surface area contributed by atoms with E-state index in [0.29, 0.717) is 0 Å². The maximum absolute atomic E-state index is 6.27. The summed E-state index contributed by atoms with van der Waals surface area (Å²) in [7, 11) is 0. The van der Waals surface area contributed by atoms with Crippen molar-refractivity contribution in [3.8, 4) is 0 Å². The molecule has 0 aliphatic carbocycles. The van der Waals surface area contributed by atoms with E-state index in [0.717, 1.165) is 35.4 Å². The van der Waals surface area contributed by atoms with Gasteiger partial charge in [0, 0.05) is 24.2 Å². The minimum absolute atomic E-state index is 0.0891. The summed E-state index contributed by atoms with van der Waals surface area (Å²) >= 11 is 6.01. The van der Waals surface area contributed by atoms with Crippen LogP contribution in [0.5, 0.6) is 0 Å². The molecule has 106 valence electrons. The molecular formula is C16H25ClN2. The minimum Gasteiger partial charge on any atom is -0.324 e. The summed E-state index contributed by atoms with van der Waals surface area (Å²) in [6, 6.07) is 8.01. The van der Waals surface area contributed by atoms with E-state index in [4.69, 9.17) is 17.3 Å². The number of benzene rings is 1. The van der Waals surface area contributed by atoms with E-state index in [1.165, 1.54) is 19.5 Å². The first-order valence-electron chi connectivity index (χ1n) is 7.28. The van der Waals surface area contributed by atoms with Gasteiger partial charge in [-0.05, 0) is 48.9 Å². The molecule has 3 heteroatoms. The Morgan fingerprint density at radius 1 is 1.32 bits per heavy atom. The van der Waals surface area contributed by atoms with Gasteiger partial charge in [-0.15, -0.1) is 0 Å². The van der Waals surface area contributed by atoms with Crippen LogP contribution in [0.1, 0.15) is 38.3 Å². The molecule has 3 unspecified atom stereocenters. The van der Waals surface area contributed by atoms with Gasteiger partial charge in [-0.1, -0.05) is 37.6 Å². The molecule has 2 rings (SSSR count). The normalized spacial score (nSPS) is 26.3. The van der Waals surface area contributed by atoms with E-state index in [9.17, 15) is 0 Å². The third-order valence-corrected chi connectivity index (χ3v) is 4.21. The third-order valence-electron chi connectivity index (χ3n) is 3.98. The Hall–Kier alpha value is -0.570. The van der Waals surface area contributed by atoms with Gasteiger partial charge < -0.3 is 10.6 Å². The Labute approximate surface area is 121 Å². The van der Waals surface area contributed by atoms with E-state index in [2.05, 4.69) is 24.8 Å². The first kappa shape index (κ1) is 14.8. The van der Waals surface area contributed by atoms with Gasteiger partial charge in [-0.25, -0.2) is 0 Å². The quantitative estimate of drug-likeness (QED) is 0.911. The minimum atomic E-state index is 0.0891. The van der Waals surface area contributed by atoms with Crippen molar-refractivity contribution in [1.82, 2.24) is 4.90 Å². The molecule has 1 aromatic carbocycles. The van der Waals surface area contributed by atoms with Crippen LogP contribution in [0.2, 0.25) is 5.02 Å². The SMILES string of the molecule is CC1CC(C)CN(CCC(N)c2cccc(Cl)c2)C1. The summed E-state index contributed by atoms with van der Waals surface area (Å²) in [5, 5.41) is 0.771. The van der Waals surface area contributed by atoms with Crippen LogP contribution < -0.4 is 5.73 Å². The number of likely N-dealkylation sites (tertiary alicyclic amines) is 1. The van der Waals surface area contributed by atoms with Gasteiger partial charge in [0.25, 0.3) is 0 Å². The number of halogens is 1. The van der Waals surface area contributed by atoms with E-state index >= 15 is 0 Å². The van der Waals surface area contributed by atoms with Crippen molar-refractivity contribution in [3.63, 3.8) is 0 Å². The predicted molar refractivity (Wildman–Crippen MR) is 82.4 cm³/mol. The molecule has 0 aromatic heterocycles. The average Bonchev–Trinajstić information content (AvgIpc) is 2.35. The van der Waals surface area contributed by atoms with Crippen LogP contribution in [0.3, 0.4) is 0 Å². The molecule has 0 radical (unpaired) electrons. The monoisotopic (exact) mass is 280 g/mol. The van der Waals surface area contributed by atoms with Crippen LogP contribution in [0, 0.1) is 11.8 Å². The number of nitrogens with two attached hydrogens (primary N) is 1. The third kappa shape index (κ3) is 4.48. The lowest BCUT2D eigenvalue weighted by atomic mass is 9.91. The summed E-state index contributed by atoms with van der Waals surface area (Å²) in [6.07, 6.45) is 2.36. The summed E-state index contributed by atoms with van der Waals surface area (Å²) in [5.41, 5.74) is 7.41. The van der Waals surface area contributed by atoms with E-state index in [1.807, 2.05) is 18.2 Å². The molecule has 1 aliphatic heterocycles. The van der Waals surface area contributed by atoms with Crippen LogP contribution in [0.25, 0.3) is 0 Å². The molecule has 0 bridgehead atoms. The molecule has 3 atom stereocenters. The largest absolute Gasteiger partial charge is 0.324 e. The molecule has 0 amide bonds. The van der Waals surface area contributed by atoms with Crippen LogP contribution in [-0.4, -0.2) is 24.5 Å². The van der Waals surface area contributed by atoms with Crippen molar-refractivity contribution in [1.29, 1.82) is 0 Å². The van der Waals surface area contributed by atoms with E-state index in [-0.39, 0.29) is 6.04 Å². The second-order valence-electron chi connectivity index (χ2n) is 6.16. The van der Waals surface area contributed by atoms with Crippen molar-refractivity contribution < 1.29 is 0 Å². The number of hydrogen-bond acceptors (Lipinski definition) is 2.